The molecular formula is C50H60BrN5O4Si. The third-order valence-electron chi connectivity index (χ3n) is 12.0. The summed E-state index contributed by atoms with van der Waals surface area (Å²) in [5, 5.41) is 2.39. The number of anilines is 1. The third kappa shape index (κ3) is 9.35. The first-order valence-corrected chi connectivity index (χ1v) is 24.1. The number of halogens is 1. The number of benzene rings is 3. The van der Waals surface area contributed by atoms with Crippen LogP contribution in [0.1, 0.15) is 71.4 Å². The lowest BCUT2D eigenvalue weighted by Crippen LogP contribution is -2.67. The summed E-state index contributed by atoms with van der Waals surface area (Å²) in [5.74, 6) is 0. The molecule has 0 N–H and O–H groups in total. The Hall–Kier alpha value is -4.81. The van der Waals surface area contributed by atoms with E-state index in [9.17, 15) is 4.79 Å². The van der Waals surface area contributed by atoms with E-state index in [0.29, 0.717) is 39.2 Å². The van der Waals surface area contributed by atoms with Crippen molar-refractivity contribution in [1.82, 2.24) is 19.4 Å². The normalized spacial score (nSPS) is 14.4. The minimum atomic E-state index is -2.80. The second-order valence-corrected chi connectivity index (χ2v) is 23.0. The van der Waals surface area contributed by atoms with Crippen molar-refractivity contribution in [2.24, 2.45) is 5.41 Å². The zero-order chi connectivity index (χ0) is 43.4. The molecule has 0 bridgehead atoms. The lowest BCUT2D eigenvalue weighted by atomic mass is 9.85. The maximum Gasteiger partial charge on any atom is 0.410 e. The van der Waals surface area contributed by atoms with E-state index < -0.39 is 8.32 Å². The Labute approximate surface area is 371 Å². The molecule has 4 heterocycles. The summed E-state index contributed by atoms with van der Waals surface area (Å²) in [5.41, 5.74) is 7.85. The lowest BCUT2D eigenvalue weighted by Gasteiger charge is -2.44. The molecule has 9 nitrogen and oxygen atoms in total. The molecule has 3 aromatic heterocycles. The Kier molecular flexibility index (Phi) is 13.5. The van der Waals surface area contributed by atoms with Gasteiger partial charge in [0.15, 0.2) is 0 Å². The largest absolute Gasteiger partial charge is 0.445 e. The van der Waals surface area contributed by atoms with Gasteiger partial charge < -0.3 is 28.3 Å². The molecule has 1 fully saturated rings. The van der Waals surface area contributed by atoms with Crippen molar-refractivity contribution in [3.8, 4) is 11.3 Å². The number of fused-ring (bicyclic) bond motifs is 1. The standard InChI is InChI=1S/C50H60BrN5O4Si/c1-9-56-43-25-26-44(51)53-46(43)42(32-50(6,7)35-60-61(49(3,4)5,39-21-15-11-16-22-39)40-23-17-12-18-24-40)47(56)41-31-38(33-52-45(41)36(2)58-8)54-27-29-55(30-28-54)48(57)59-34-37-19-13-10-14-20-37/h10-26,31,33,36H,9,27-30,32,34-35H2,1-8H3/t36-/m0/s1. The van der Waals surface area contributed by atoms with Crippen LogP contribution < -0.4 is 15.3 Å². The molecule has 1 saturated heterocycles. The predicted molar refractivity (Wildman–Crippen MR) is 253 cm³/mol. The molecule has 7 rings (SSSR count). The SMILES string of the molecule is CCn1c(-c2cc(N3CCN(C(=O)OCc4ccccc4)CC3)cnc2[C@H](C)OC)c(CC(C)(C)CO[Si](c2ccccc2)(c2ccccc2)C(C)(C)C)c2nc(Br)ccc21. The smallest absolute Gasteiger partial charge is 0.410 e. The average Bonchev–Trinajstić information content (AvgIpc) is 3.56. The molecular weight excluding hydrogens is 843 g/mol. The van der Waals surface area contributed by atoms with Crippen LogP contribution in [0.5, 0.6) is 0 Å². The van der Waals surface area contributed by atoms with E-state index in [0.717, 1.165) is 55.9 Å². The van der Waals surface area contributed by atoms with E-state index in [1.54, 1.807) is 12.0 Å². The first-order chi connectivity index (χ1) is 29.3. The number of methoxy groups -OCH3 is 1. The van der Waals surface area contributed by atoms with Crippen LogP contribution in [0.4, 0.5) is 10.5 Å². The zero-order valence-electron chi connectivity index (χ0n) is 37.0. The fraction of sp³-hybridized carbons (Fsp3) is 0.380. The van der Waals surface area contributed by atoms with Gasteiger partial charge in [0.1, 0.15) is 11.2 Å². The van der Waals surface area contributed by atoms with Crippen LogP contribution in [0.25, 0.3) is 22.3 Å². The molecule has 1 aliphatic heterocycles. The summed E-state index contributed by atoms with van der Waals surface area (Å²) in [6.07, 6.45) is 2.11. The van der Waals surface area contributed by atoms with Crippen molar-refractivity contribution < 1.29 is 18.7 Å². The fourth-order valence-corrected chi connectivity index (χ4v) is 14.0. The summed E-state index contributed by atoms with van der Waals surface area (Å²) >= 11 is 3.72. The Morgan fingerprint density at radius 1 is 0.852 bits per heavy atom. The number of carbonyl (C=O) groups is 1. The predicted octanol–water partition coefficient (Wildman–Crippen LogP) is 10.2. The van der Waals surface area contributed by atoms with Gasteiger partial charge >= 0.3 is 6.09 Å². The van der Waals surface area contributed by atoms with Crippen molar-refractivity contribution in [3.05, 3.63) is 137 Å². The number of piperazine rings is 1. The van der Waals surface area contributed by atoms with Crippen molar-refractivity contribution in [2.45, 2.75) is 79.2 Å². The minimum absolute atomic E-state index is 0.146. The van der Waals surface area contributed by atoms with Crippen molar-refractivity contribution >= 4 is 57.4 Å². The first-order valence-electron chi connectivity index (χ1n) is 21.4. The van der Waals surface area contributed by atoms with Crippen LogP contribution in [-0.4, -0.2) is 73.7 Å². The van der Waals surface area contributed by atoms with Crippen LogP contribution in [-0.2, 0) is 33.5 Å². The number of amides is 1. The highest BCUT2D eigenvalue weighted by Crippen LogP contribution is 2.43. The van der Waals surface area contributed by atoms with E-state index in [2.05, 4.69) is 147 Å². The van der Waals surface area contributed by atoms with E-state index in [-0.39, 0.29) is 29.3 Å². The Morgan fingerprint density at radius 2 is 1.46 bits per heavy atom. The summed E-state index contributed by atoms with van der Waals surface area (Å²) in [6, 6.07) is 38.0. The first kappa shape index (κ1) is 44.2. The number of hydrogen-bond acceptors (Lipinski definition) is 7. The van der Waals surface area contributed by atoms with Gasteiger partial charge in [-0.05, 0) is 80.8 Å². The number of pyridine rings is 2. The highest BCUT2D eigenvalue weighted by molar-refractivity contribution is 9.10. The monoisotopic (exact) mass is 901 g/mol. The molecule has 0 unspecified atom stereocenters. The molecule has 1 atom stereocenters. The molecule has 3 aromatic carbocycles. The average molecular weight is 903 g/mol. The van der Waals surface area contributed by atoms with Gasteiger partial charge in [-0.2, -0.15) is 0 Å². The van der Waals surface area contributed by atoms with Crippen LogP contribution in [0.2, 0.25) is 5.04 Å². The Balaban J connectivity index is 1.25. The van der Waals surface area contributed by atoms with E-state index in [4.69, 9.17) is 23.9 Å². The summed E-state index contributed by atoms with van der Waals surface area (Å²) < 4.78 is 22.4. The molecule has 61 heavy (non-hydrogen) atoms. The molecule has 0 saturated carbocycles. The molecule has 6 aromatic rings. The maximum atomic E-state index is 13.1. The zero-order valence-corrected chi connectivity index (χ0v) is 39.5. The summed E-state index contributed by atoms with van der Waals surface area (Å²) in [4.78, 5) is 27.5. The number of rotatable bonds is 14. The second-order valence-electron chi connectivity index (χ2n) is 17.9. The van der Waals surface area contributed by atoms with Crippen LogP contribution >= 0.6 is 15.9 Å². The number of aromatic nitrogens is 3. The van der Waals surface area contributed by atoms with Crippen molar-refractivity contribution in [1.29, 1.82) is 0 Å². The fourth-order valence-electron chi connectivity index (χ4n) is 8.88. The van der Waals surface area contributed by atoms with E-state index in [1.165, 1.54) is 10.4 Å². The van der Waals surface area contributed by atoms with Crippen molar-refractivity contribution in [2.75, 3.05) is 44.8 Å². The van der Waals surface area contributed by atoms with Gasteiger partial charge in [-0.25, -0.2) is 9.78 Å². The Bertz CT molecular complexity index is 2370. The molecule has 1 amide bonds. The van der Waals surface area contributed by atoms with Gasteiger partial charge in [-0.1, -0.05) is 126 Å². The molecule has 0 aliphatic carbocycles. The molecule has 1 aliphatic rings. The van der Waals surface area contributed by atoms with E-state index in [1.807, 2.05) is 42.6 Å². The number of hydrogen-bond donors (Lipinski definition) is 0. The van der Waals surface area contributed by atoms with Crippen molar-refractivity contribution in [3.63, 3.8) is 0 Å². The lowest BCUT2D eigenvalue weighted by molar-refractivity contribution is 0.0941. The van der Waals surface area contributed by atoms with Gasteiger partial charge in [0.2, 0.25) is 0 Å². The Morgan fingerprint density at radius 3 is 2.03 bits per heavy atom. The highest BCUT2D eigenvalue weighted by Gasteiger charge is 2.51. The van der Waals surface area contributed by atoms with Gasteiger partial charge in [0.25, 0.3) is 8.32 Å². The topological polar surface area (TPSA) is 82.0 Å². The minimum Gasteiger partial charge on any atom is -0.445 e. The van der Waals surface area contributed by atoms with Crippen LogP contribution in [0, 0.1) is 5.41 Å². The highest BCUT2D eigenvalue weighted by atomic mass is 79.9. The van der Waals surface area contributed by atoms with Gasteiger partial charge in [-0.15, -0.1) is 0 Å². The van der Waals surface area contributed by atoms with Crippen LogP contribution in [0.15, 0.2) is 120 Å². The second kappa shape index (κ2) is 18.7. The van der Waals surface area contributed by atoms with Gasteiger partial charge in [0, 0.05) is 57.6 Å². The molecule has 320 valence electrons. The molecule has 0 radical (unpaired) electrons. The molecule has 11 heteroatoms. The maximum absolute atomic E-state index is 13.1. The van der Waals surface area contributed by atoms with Gasteiger partial charge in [-0.3, -0.25) is 4.98 Å². The third-order valence-corrected chi connectivity index (χ3v) is 17.5. The van der Waals surface area contributed by atoms with Crippen LogP contribution in [0.3, 0.4) is 0 Å². The summed E-state index contributed by atoms with van der Waals surface area (Å²) in [7, 11) is -1.06. The number of aryl methyl sites for hydroxylation is 1. The number of carbonyl (C=O) groups excluding carboxylic acids is 1. The van der Waals surface area contributed by atoms with E-state index >= 15 is 0 Å². The number of ether oxygens (including phenoxy) is 2. The van der Waals surface area contributed by atoms with Gasteiger partial charge in [0.05, 0.1) is 40.4 Å². The molecule has 0 spiro atoms. The number of nitrogens with zero attached hydrogens (tertiary/aromatic N) is 5. The summed E-state index contributed by atoms with van der Waals surface area (Å²) in [6.45, 7) is 19.8. The quantitative estimate of drug-likeness (QED) is 0.0796.